The average molecular weight is 375 g/mol. The van der Waals surface area contributed by atoms with E-state index < -0.39 is 10.0 Å². The summed E-state index contributed by atoms with van der Waals surface area (Å²) in [7, 11) is -0.311. The molecular formula is C13H15BrN2O2S2. The Morgan fingerprint density at radius 1 is 1.20 bits per heavy atom. The number of sulfonamides is 1. The van der Waals surface area contributed by atoms with Crippen LogP contribution in [0, 0.1) is 0 Å². The molecule has 0 saturated carbocycles. The topological polar surface area (TPSA) is 49.4 Å². The number of nitrogens with zero attached hydrogens (tertiary/aromatic N) is 1. The van der Waals surface area contributed by atoms with E-state index in [2.05, 4.69) is 21.2 Å². The molecule has 1 N–H and O–H groups in total. The smallest absolute Gasteiger partial charge is 0.242 e. The first-order valence-corrected chi connectivity index (χ1v) is 9.01. The summed E-state index contributed by atoms with van der Waals surface area (Å²) in [6, 6.07) is 8.78. The first-order chi connectivity index (χ1) is 9.41. The maximum Gasteiger partial charge on any atom is 0.242 e. The maximum absolute atomic E-state index is 11.9. The molecule has 0 aliphatic carbocycles. The third-order valence-corrected chi connectivity index (χ3v) is 6.53. The van der Waals surface area contributed by atoms with Gasteiger partial charge in [-0.2, -0.15) is 0 Å². The summed E-state index contributed by atoms with van der Waals surface area (Å²) in [6.45, 7) is 0.706. The van der Waals surface area contributed by atoms with Crippen molar-refractivity contribution in [3.05, 3.63) is 45.1 Å². The van der Waals surface area contributed by atoms with E-state index in [1.807, 2.05) is 11.4 Å². The average Bonchev–Trinajstić information content (AvgIpc) is 2.82. The molecule has 2 rings (SSSR count). The molecule has 0 fully saturated rings. The van der Waals surface area contributed by atoms with Crippen LogP contribution >= 0.6 is 27.3 Å². The SMILES string of the molecule is CN(C)S(=O)(=O)c1ccc(NCc2sccc2Br)cc1. The molecule has 0 atom stereocenters. The Bertz CT molecular complexity index is 679. The van der Waals surface area contributed by atoms with Crippen LogP contribution in [0.2, 0.25) is 0 Å². The second-order valence-electron chi connectivity index (χ2n) is 4.36. The minimum atomic E-state index is -3.36. The number of thiophene rings is 1. The molecule has 20 heavy (non-hydrogen) atoms. The monoisotopic (exact) mass is 374 g/mol. The molecule has 0 aliphatic rings. The second-order valence-corrected chi connectivity index (χ2v) is 8.36. The van der Waals surface area contributed by atoms with Gasteiger partial charge in [0.2, 0.25) is 10.0 Å². The van der Waals surface area contributed by atoms with Gasteiger partial charge in [-0.15, -0.1) is 11.3 Å². The molecule has 0 bridgehead atoms. The molecule has 1 aromatic carbocycles. The van der Waals surface area contributed by atoms with Gasteiger partial charge in [0.15, 0.2) is 0 Å². The van der Waals surface area contributed by atoms with Crippen LogP contribution in [0.15, 0.2) is 45.1 Å². The van der Waals surface area contributed by atoms with Crippen LogP contribution in [0.5, 0.6) is 0 Å². The van der Waals surface area contributed by atoms with E-state index in [1.54, 1.807) is 35.6 Å². The van der Waals surface area contributed by atoms with Crippen LogP contribution in [0.3, 0.4) is 0 Å². The Kier molecular flexibility index (Phi) is 4.85. The van der Waals surface area contributed by atoms with Crippen molar-refractivity contribution in [2.45, 2.75) is 11.4 Å². The van der Waals surface area contributed by atoms with Gasteiger partial charge in [0.1, 0.15) is 0 Å². The van der Waals surface area contributed by atoms with Gasteiger partial charge in [0.25, 0.3) is 0 Å². The fourth-order valence-corrected chi connectivity index (χ4v) is 3.92. The standard InChI is InChI=1S/C13H15BrN2O2S2/c1-16(2)20(17,18)11-5-3-10(4-6-11)15-9-13-12(14)7-8-19-13/h3-8,15H,9H2,1-2H3. The Balaban J connectivity index is 2.08. The van der Waals surface area contributed by atoms with Crippen molar-refractivity contribution in [1.29, 1.82) is 0 Å². The highest BCUT2D eigenvalue weighted by Gasteiger charge is 2.16. The van der Waals surface area contributed by atoms with Crippen molar-refractivity contribution in [3.63, 3.8) is 0 Å². The summed E-state index contributed by atoms with van der Waals surface area (Å²) in [6.07, 6.45) is 0. The van der Waals surface area contributed by atoms with E-state index in [1.165, 1.54) is 23.3 Å². The molecule has 0 radical (unpaired) electrons. The largest absolute Gasteiger partial charge is 0.380 e. The third kappa shape index (κ3) is 3.41. The van der Waals surface area contributed by atoms with Crippen molar-refractivity contribution in [1.82, 2.24) is 4.31 Å². The van der Waals surface area contributed by atoms with Crippen molar-refractivity contribution in [2.75, 3.05) is 19.4 Å². The van der Waals surface area contributed by atoms with Gasteiger partial charge in [-0.25, -0.2) is 12.7 Å². The summed E-state index contributed by atoms with van der Waals surface area (Å²) in [5.74, 6) is 0. The molecule has 0 unspecified atom stereocenters. The highest BCUT2D eigenvalue weighted by atomic mass is 79.9. The van der Waals surface area contributed by atoms with Crippen LogP contribution < -0.4 is 5.32 Å². The molecule has 7 heteroatoms. The lowest BCUT2D eigenvalue weighted by atomic mass is 10.3. The van der Waals surface area contributed by atoms with E-state index in [0.29, 0.717) is 11.4 Å². The van der Waals surface area contributed by atoms with E-state index >= 15 is 0 Å². The minimum absolute atomic E-state index is 0.297. The molecule has 1 aromatic heterocycles. The van der Waals surface area contributed by atoms with Gasteiger partial charge in [-0.1, -0.05) is 0 Å². The fraction of sp³-hybridized carbons (Fsp3) is 0.231. The van der Waals surface area contributed by atoms with E-state index in [9.17, 15) is 8.42 Å². The normalized spacial score (nSPS) is 11.8. The summed E-state index contributed by atoms with van der Waals surface area (Å²) < 4.78 is 26.2. The van der Waals surface area contributed by atoms with E-state index in [-0.39, 0.29) is 0 Å². The zero-order valence-corrected chi connectivity index (χ0v) is 14.3. The number of hydrogen-bond acceptors (Lipinski definition) is 4. The van der Waals surface area contributed by atoms with Crippen LogP contribution in [-0.2, 0) is 16.6 Å². The van der Waals surface area contributed by atoms with Gasteiger partial charge in [0.05, 0.1) is 11.4 Å². The van der Waals surface area contributed by atoms with Crippen LogP contribution in [-0.4, -0.2) is 26.8 Å². The van der Waals surface area contributed by atoms with E-state index in [4.69, 9.17) is 0 Å². The molecule has 0 saturated heterocycles. The van der Waals surface area contributed by atoms with Gasteiger partial charge in [-0.3, -0.25) is 0 Å². The Hall–Kier alpha value is -0.890. The molecule has 4 nitrogen and oxygen atoms in total. The van der Waals surface area contributed by atoms with E-state index in [0.717, 1.165) is 10.2 Å². The number of hydrogen-bond donors (Lipinski definition) is 1. The fourth-order valence-electron chi connectivity index (χ4n) is 1.59. The number of nitrogens with one attached hydrogen (secondary N) is 1. The Morgan fingerprint density at radius 2 is 1.85 bits per heavy atom. The lowest BCUT2D eigenvalue weighted by molar-refractivity contribution is 0.521. The summed E-state index contributed by atoms with van der Waals surface area (Å²) in [5, 5.41) is 5.29. The second kappa shape index (κ2) is 6.26. The Labute approximate surface area is 131 Å². The predicted octanol–water partition coefficient (Wildman–Crippen LogP) is 3.37. The van der Waals surface area contributed by atoms with Crippen molar-refractivity contribution in [3.8, 4) is 0 Å². The summed E-state index contributed by atoms with van der Waals surface area (Å²) >= 11 is 5.15. The number of rotatable bonds is 5. The molecule has 1 heterocycles. The Morgan fingerprint density at radius 3 is 2.35 bits per heavy atom. The maximum atomic E-state index is 11.9. The van der Waals surface area contributed by atoms with Crippen molar-refractivity contribution in [2.24, 2.45) is 0 Å². The first kappa shape index (κ1) is 15.5. The van der Waals surface area contributed by atoms with Crippen molar-refractivity contribution < 1.29 is 8.42 Å². The zero-order chi connectivity index (χ0) is 14.8. The molecule has 2 aromatic rings. The zero-order valence-electron chi connectivity index (χ0n) is 11.1. The predicted molar refractivity (Wildman–Crippen MR) is 86.7 cm³/mol. The summed E-state index contributed by atoms with van der Waals surface area (Å²) in [5.41, 5.74) is 0.892. The number of benzene rings is 1. The molecule has 108 valence electrons. The highest BCUT2D eigenvalue weighted by molar-refractivity contribution is 9.10. The molecule has 0 spiro atoms. The molecular weight excluding hydrogens is 360 g/mol. The molecule has 0 amide bonds. The van der Waals surface area contributed by atoms with Crippen molar-refractivity contribution >= 4 is 43.0 Å². The van der Waals surface area contributed by atoms with Gasteiger partial charge < -0.3 is 5.32 Å². The lowest BCUT2D eigenvalue weighted by Crippen LogP contribution is -2.22. The van der Waals surface area contributed by atoms with Gasteiger partial charge in [0, 0.05) is 29.1 Å². The minimum Gasteiger partial charge on any atom is -0.380 e. The van der Waals surface area contributed by atoms with Crippen LogP contribution in [0.25, 0.3) is 0 Å². The van der Waals surface area contributed by atoms with Crippen LogP contribution in [0.1, 0.15) is 4.88 Å². The van der Waals surface area contributed by atoms with Crippen LogP contribution in [0.4, 0.5) is 5.69 Å². The quantitative estimate of drug-likeness (QED) is 0.872. The number of anilines is 1. The van der Waals surface area contributed by atoms with Gasteiger partial charge >= 0.3 is 0 Å². The number of halogens is 1. The molecule has 0 aliphatic heterocycles. The lowest BCUT2D eigenvalue weighted by Gasteiger charge is -2.12. The van der Waals surface area contributed by atoms with Gasteiger partial charge in [-0.05, 0) is 51.6 Å². The first-order valence-electron chi connectivity index (χ1n) is 5.89. The third-order valence-electron chi connectivity index (χ3n) is 2.78. The summed E-state index contributed by atoms with van der Waals surface area (Å²) in [4.78, 5) is 1.50. The highest BCUT2D eigenvalue weighted by Crippen LogP contribution is 2.24.